The van der Waals surface area contributed by atoms with Crippen molar-refractivity contribution in [2.75, 3.05) is 40.5 Å². The van der Waals surface area contributed by atoms with E-state index < -0.39 is 0 Å². The van der Waals surface area contributed by atoms with Gasteiger partial charge in [-0.25, -0.2) is 0 Å². The van der Waals surface area contributed by atoms with E-state index in [4.69, 9.17) is 9.47 Å². The summed E-state index contributed by atoms with van der Waals surface area (Å²) in [6, 6.07) is 7.76. The molecule has 0 aliphatic rings. The Morgan fingerprint density at radius 1 is 1.22 bits per heavy atom. The van der Waals surface area contributed by atoms with Gasteiger partial charge in [-0.3, -0.25) is 9.59 Å². The van der Waals surface area contributed by atoms with Gasteiger partial charge in [-0.2, -0.15) is 0 Å². The number of rotatable bonds is 10. The average molecular weight is 322 g/mol. The maximum Gasteiger partial charge on any atom is 0.221 e. The molecule has 0 aliphatic heterocycles. The van der Waals surface area contributed by atoms with E-state index in [0.717, 1.165) is 17.7 Å². The molecule has 1 N–H and O–H groups in total. The molecule has 0 saturated carbocycles. The first kappa shape index (κ1) is 19.0. The number of hydrogen-bond donors (Lipinski definition) is 1. The normalized spacial score (nSPS) is 10.2. The van der Waals surface area contributed by atoms with Crippen LogP contribution in [-0.4, -0.2) is 57.2 Å². The van der Waals surface area contributed by atoms with Crippen LogP contribution in [-0.2, 0) is 20.7 Å². The van der Waals surface area contributed by atoms with Gasteiger partial charge >= 0.3 is 0 Å². The van der Waals surface area contributed by atoms with Crippen molar-refractivity contribution in [2.45, 2.75) is 19.8 Å². The molecule has 6 nitrogen and oxygen atoms in total. The fourth-order valence-electron chi connectivity index (χ4n) is 2.14. The van der Waals surface area contributed by atoms with Crippen molar-refractivity contribution in [1.82, 2.24) is 10.2 Å². The lowest BCUT2D eigenvalue weighted by Crippen LogP contribution is -2.35. The van der Waals surface area contributed by atoms with E-state index in [1.165, 1.54) is 6.92 Å². The molecule has 0 atom stereocenters. The second-order valence-corrected chi connectivity index (χ2v) is 5.20. The first-order valence-electron chi connectivity index (χ1n) is 7.71. The molecule has 0 spiro atoms. The maximum atomic E-state index is 11.7. The Morgan fingerprint density at radius 2 is 2.00 bits per heavy atom. The number of nitrogens with zero attached hydrogens (tertiary/aromatic N) is 1. The van der Waals surface area contributed by atoms with Crippen molar-refractivity contribution in [2.24, 2.45) is 0 Å². The molecule has 0 aliphatic carbocycles. The van der Waals surface area contributed by atoms with E-state index in [1.807, 2.05) is 24.3 Å². The van der Waals surface area contributed by atoms with Crippen molar-refractivity contribution in [3.63, 3.8) is 0 Å². The predicted octanol–water partition coefficient (Wildman–Crippen LogP) is 1.24. The lowest BCUT2D eigenvalue weighted by molar-refractivity contribution is -0.129. The van der Waals surface area contributed by atoms with E-state index in [2.05, 4.69) is 5.32 Å². The number of methoxy groups -OCH3 is 2. The summed E-state index contributed by atoms with van der Waals surface area (Å²) in [6.45, 7) is 3.48. The molecule has 23 heavy (non-hydrogen) atoms. The summed E-state index contributed by atoms with van der Waals surface area (Å²) in [5.74, 6) is 0.696. The van der Waals surface area contributed by atoms with Crippen LogP contribution in [0.25, 0.3) is 0 Å². The maximum absolute atomic E-state index is 11.7. The van der Waals surface area contributed by atoms with Crippen LogP contribution in [0.2, 0.25) is 0 Å². The molecule has 0 aromatic heterocycles. The molecule has 128 valence electrons. The topological polar surface area (TPSA) is 67.9 Å². The van der Waals surface area contributed by atoms with E-state index in [0.29, 0.717) is 32.7 Å². The Morgan fingerprint density at radius 3 is 2.65 bits per heavy atom. The van der Waals surface area contributed by atoms with Crippen molar-refractivity contribution in [3.05, 3.63) is 29.8 Å². The standard InChI is InChI=1S/C17H26N2O4/c1-14(20)19(11-8-17(21)18-9-12-22-2)10-7-15-5-4-6-16(13-15)23-3/h4-6,13H,7-12H2,1-3H3,(H,18,21). The van der Waals surface area contributed by atoms with Crippen molar-refractivity contribution < 1.29 is 19.1 Å². The zero-order valence-electron chi connectivity index (χ0n) is 14.1. The van der Waals surface area contributed by atoms with Gasteiger partial charge in [0.1, 0.15) is 5.75 Å². The van der Waals surface area contributed by atoms with Gasteiger partial charge in [0.05, 0.1) is 13.7 Å². The molecule has 0 saturated heterocycles. The molecule has 0 heterocycles. The zero-order chi connectivity index (χ0) is 17.1. The van der Waals surface area contributed by atoms with Gasteiger partial charge in [-0.1, -0.05) is 12.1 Å². The highest BCUT2D eigenvalue weighted by molar-refractivity contribution is 5.78. The first-order valence-corrected chi connectivity index (χ1v) is 7.71. The Balaban J connectivity index is 2.42. The van der Waals surface area contributed by atoms with Crippen LogP contribution in [0.15, 0.2) is 24.3 Å². The number of benzene rings is 1. The minimum Gasteiger partial charge on any atom is -0.497 e. The number of ether oxygens (including phenoxy) is 2. The van der Waals surface area contributed by atoms with Gasteiger partial charge in [0.25, 0.3) is 0 Å². The number of hydrogen-bond acceptors (Lipinski definition) is 4. The summed E-state index contributed by atoms with van der Waals surface area (Å²) in [6.07, 6.45) is 1.02. The first-order chi connectivity index (χ1) is 11.1. The fourth-order valence-corrected chi connectivity index (χ4v) is 2.14. The summed E-state index contributed by atoms with van der Waals surface area (Å²) in [7, 11) is 3.21. The van der Waals surface area contributed by atoms with Crippen molar-refractivity contribution in [3.8, 4) is 5.75 Å². The molecule has 1 rings (SSSR count). The summed E-state index contributed by atoms with van der Waals surface area (Å²) in [5.41, 5.74) is 1.10. The second kappa shape index (κ2) is 10.6. The summed E-state index contributed by atoms with van der Waals surface area (Å²) in [5, 5.41) is 2.75. The molecule has 0 fully saturated rings. The van der Waals surface area contributed by atoms with Gasteiger partial charge in [0, 0.05) is 40.1 Å². The van der Waals surface area contributed by atoms with E-state index >= 15 is 0 Å². The largest absolute Gasteiger partial charge is 0.497 e. The smallest absolute Gasteiger partial charge is 0.221 e. The van der Waals surface area contributed by atoms with Crippen LogP contribution in [0.4, 0.5) is 0 Å². The summed E-state index contributed by atoms with van der Waals surface area (Å²) in [4.78, 5) is 25.1. The summed E-state index contributed by atoms with van der Waals surface area (Å²) >= 11 is 0. The van der Waals surface area contributed by atoms with Gasteiger partial charge in [0.2, 0.25) is 11.8 Å². The average Bonchev–Trinajstić information content (AvgIpc) is 2.55. The predicted molar refractivity (Wildman–Crippen MR) is 88.5 cm³/mol. The third-order valence-corrected chi connectivity index (χ3v) is 3.49. The molecule has 0 radical (unpaired) electrons. The number of amides is 2. The molecule has 2 amide bonds. The molecule has 0 bridgehead atoms. The van der Waals surface area contributed by atoms with Crippen LogP contribution >= 0.6 is 0 Å². The minimum atomic E-state index is -0.0744. The third-order valence-electron chi connectivity index (χ3n) is 3.49. The van der Waals surface area contributed by atoms with Crippen LogP contribution in [0.3, 0.4) is 0 Å². The Bertz CT molecular complexity index is 505. The lowest BCUT2D eigenvalue weighted by Gasteiger charge is -2.21. The van der Waals surface area contributed by atoms with Gasteiger partial charge in [-0.05, 0) is 24.1 Å². The number of carbonyl (C=O) groups excluding carboxylic acids is 2. The highest BCUT2D eigenvalue weighted by atomic mass is 16.5. The van der Waals surface area contributed by atoms with Crippen LogP contribution in [0.1, 0.15) is 18.9 Å². The van der Waals surface area contributed by atoms with Gasteiger partial charge in [-0.15, -0.1) is 0 Å². The SMILES string of the molecule is COCCNC(=O)CCN(CCc1cccc(OC)c1)C(C)=O. The molecule has 1 aromatic carbocycles. The number of nitrogens with one attached hydrogen (secondary N) is 1. The zero-order valence-corrected chi connectivity index (χ0v) is 14.1. The Labute approximate surface area is 137 Å². The highest BCUT2D eigenvalue weighted by Gasteiger charge is 2.11. The quantitative estimate of drug-likeness (QED) is 0.658. The third kappa shape index (κ3) is 7.65. The molecule has 1 aromatic rings. The van der Waals surface area contributed by atoms with Crippen LogP contribution in [0.5, 0.6) is 5.75 Å². The monoisotopic (exact) mass is 322 g/mol. The fraction of sp³-hybridized carbons (Fsp3) is 0.529. The number of carbonyl (C=O) groups is 2. The highest BCUT2D eigenvalue weighted by Crippen LogP contribution is 2.13. The molecular formula is C17H26N2O4. The van der Waals surface area contributed by atoms with Gasteiger partial charge < -0.3 is 19.7 Å². The van der Waals surface area contributed by atoms with Crippen LogP contribution in [0, 0.1) is 0 Å². The lowest BCUT2D eigenvalue weighted by atomic mass is 10.1. The molecule has 0 unspecified atom stereocenters. The van der Waals surface area contributed by atoms with E-state index in [-0.39, 0.29) is 11.8 Å². The minimum absolute atomic E-state index is 0.0300. The Hall–Kier alpha value is -2.08. The van der Waals surface area contributed by atoms with E-state index in [9.17, 15) is 9.59 Å². The van der Waals surface area contributed by atoms with Crippen molar-refractivity contribution >= 4 is 11.8 Å². The Kier molecular flexibility index (Phi) is 8.75. The van der Waals surface area contributed by atoms with Crippen molar-refractivity contribution in [1.29, 1.82) is 0 Å². The van der Waals surface area contributed by atoms with Crippen LogP contribution < -0.4 is 10.1 Å². The molecule has 6 heteroatoms. The molecular weight excluding hydrogens is 296 g/mol. The van der Waals surface area contributed by atoms with E-state index in [1.54, 1.807) is 19.1 Å². The second-order valence-electron chi connectivity index (χ2n) is 5.20. The summed E-state index contributed by atoms with van der Waals surface area (Å²) < 4.78 is 10.1. The van der Waals surface area contributed by atoms with Gasteiger partial charge in [0.15, 0.2) is 0 Å².